The molecule has 2 unspecified atom stereocenters. The van der Waals surface area contributed by atoms with Crippen LogP contribution >= 0.6 is 15.9 Å². The van der Waals surface area contributed by atoms with E-state index in [0.717, 1.165) is 53.9 Å². The van der Waals surface area contributed by atoms with Gasteiger partial charge in [-0.25, -0.2) is 0 Å². The molecule has 4 nitrogen and oxygen atoms in total. The van der Waals surface area contributed by atoms with E-state index >= 15 is 0 Å². The summed E-state index contributed by atoms with van der Waals surface area (Å²) < 4.78 is 11.6. The van der Waals surface area contributed by atoms with Crippen LogP contribution in [0.3, 0.4) is 0 Å². The van der Waals surface area contributed by atoms with Gasteiger partial charge in [0.15, 0.2) is 11.5 Å². The van der Waals surface area contributed by atoms with Crippen molar-refractivity contribution in [1.82, 2.24) is 5.32 Å². The normalized spacial score (nSPS) is 22.1. The maximum absolute atomic E-state index is 9.99. The van der Waals surface area contributed by atoms with Crippen molar-refractivity contribution in [2.75, 3.05) is 20.8 Å². The highest BCUT2D eigenvalue weighted by Gasteiger charge is 2.22. The molecule has 21 heavy (non-hydrogen) atoms. The third-order valence-corrected chi connectivity index (χ3v) is 4.88. The maximum Gasteiger partial charge on any atom is 0.161 e. The Labute approximate surface area is 135 Å². The minimum Gasteiger partial charge on any atom is -0.493 e. The number of aliphatic hydroxyl groups is 1. The fraction of sp³-hybridized carbons (Fsp3) is 0.625. The van der Waals surface area contributed by atoms with Crippen molar-refractivity contribution in [3.8, 4) is 11.5 Å². The quantitative estimate of drug-likeness (QED) is 0.821. The zero-order valence-electron chi connectivity index (χ0n) is 12.7. The van der Waals surface area contributed by atoms with Crippen molar-refractivity contribution in [2.45, 2.75) is 38.3 Å². The molecule has 1 aliphatic rings. The van der Waals surface area contributed by atoms with E-state index in [0.29, 0.717) is 5.92 Å². The highest BCUT2D eigenvalue weighted by atomic mass is 79.9. The van der Waals surface area contributed by atoms with Crippen LogP contribution in [0.25, 0.3) is 0 Å². The van der Waals surface area contributed by atoms with Crippen LogP contribution in [0.4, 0.5) is 0 Å². The van der Waals surface area contributed by atoms with Crippen molar-refractivity contribution in [3.05, 3.63) is 22.2 Å². The van der Waals surface area contributed by atoms with Gasteiger partial charge in [-0.15, -0.1) is 0 Å². The van der Waals surface area contributed by atoms with E-state index in [2.05, 4.69) is 21.2 Å². The van der Waals surface area contributed by atoms with E-state index in [9.17, 15) is 5.11 Å². The summed E-state index contributed by atoms with van der Waals surface area (Å²) >= 11 is 3.56. The summed E-state index contributed by atoms with van der Waals surface area (Å²) in [7, 11) is 3.27. The van der Waals surface area contributed by atoms with Gasteiger partial charge in [0.1, 0.15) is 0 Å². The van der Waals surface area contributed by atoms with Crippen molar-refractivity contribution in [1.29, 1.82) is 0 Å². The molecule has 0 radical (unpaired) electrons. The molecule has 5 heteroatoms. The molecule has 0 aliphatic heterocycles. The Bertz CT molecular complexity index is 467. The van der Waals surface area contributed by atoms with Crippen molar-refractivity contribution >= 4 is 15.9 Å². The Balaban J connectivity index is 1.93. The Kier molecular flexibility index (Phi) is 6.33. The Morgan fingerprint density at radius 3 is 2.52 bits per heavy atom. The second-order valence-electron chi connectivity index (χ2n) is 5.54. The Morgan fingerprint density at radius 2 is 1.86 bits per heavy atom. The van der Waals surface area contributed by atoms with Crippen LogP contribution < -0.4 is 14.8 Å². The summed E-state index contributed by atoms with van der Waals surface area (Å²) in [6.07, 6.45) is 4.27. The van der Waals surface area contributed by atoms with Crippen molar-refractivity contribution in [2.24, 2.45) is 5.92 Å². The molecule has 1 aromatic carbocycles. The first-order chi connectivity index (χ1) is 10.2. The molecule has 2 N–H and O–H groups in total. The van der Waals surface area contributed by atoms with Gasteiger partial charge >= 0.3 is 0 Å². The van der Waals surface area contributed by atoms with Crippen molar-refractivity contribution in [3.63, 3.8) is 0 Å². The van der Waals surface area contributed by atoms with Gasteiger partial charge in [-0.3, -0.25) is 0 Å². The van der Waals surface area contributed by atoms with Crippen LogP contribution in [0.15, 0.2) is 16.6 Å². The van der Waals surface area contributed by atoms with Gasteiger partial charge in [0.05, 0.1) is 20.3 Å². The molecule has 1 aliphatic carbocycles. The highest BCUT2D eigenvalue weighted by molar-refractivity contribution is 9.10. The number of aliphatic hydroxyl groups excluding tert-OH is 1. The Morgan fingerprint density at radius 1 is 1.19 bits per heavy atom. The first kappa shape index (κ1) is 16.6. The van der Waals surface area contributed by atoms with Gasteiger partial charge in [0.2, 0.25) is 0 Å². The smallest absolute Gasteiger partial charge is 0.161 e. The van der Waals surface area contributed by atoms with Crippen LogP contribution in [0, 0.1) is 5.92 Å². The molecule has 0 spiro atoms. The summed E-state index contributed by atoms with van der Waals surface area (Å²) in [4.78, 5) is 0. The number of halogens is 1. The minimum atomic E-state index is -0.153. The number of methoxy groups -OCH3 is 2. The van der Waals surface area contributed by atoms with Gasteiger partial charge in [-0.2, -0.15) is 0 Å². The fourth-order valence-electron chi connectivity index (χ4n) is 2.85. The average molecular weight is 358 g/mol. The molecular formula is C16H24BrNO3. The lowest BCUT2D eigenvalue weighted by molar-refractivity contribution is 0.0695. The summed E-state index contributed by atoms with van der Waals surface area (Å²) in [6.45, 7) is 1.59. The summed E-state index contributed by atoms with van der Waals surface area (Å²) in [5.41, 5.74) is 1.12. The van der Waals surface area contributed by atoms with Crippen molar-refractivity contribution < 1.29 is 14.6 Å². The zero-order valence-corrected chi connectivity index (χ0v) is 14.3. The zero-order chi connectivity index (χ0) is 15.2. The highest BCUT2D eigenvalue weighted by Crippen LogP contribution is 2.33. The fourth-order valence-corrected chi connectivity index (χ4v) is 3.31. The van der Waals surface area contributed by atoms with Crippen LogP contribution in [0.1, 0.15) is 31.2 Å². The predicted octanol–water partition coefficient (Wildman–Crippen LogP) is 3.11. The first-order valence-corrected chi connectivity index (χ1v) is 8.24. The van der Waals surface area contributed by atoms with Gasteiger partial charge in [-0.05, 0) is 36.5 Å². The molecule has 1 aromatic rings. The Hall–Kier alpha value is -0.780. The van der Waals surface area contributed by atoms with Crippen LogP contribution in [-0.2, 0) is 6.54 Å². The topological polar surface area (TPSA) is 50.7 Å². The molecular weight excluding hydrogens is 334 g/mol. The number of hydrogen-bond donors (Lipinski definition) is 2. The van der Waals surface area contributed by atoms with E-state index in [1.807, 2.05) is 12.1 Å². The number of benzene rings is 1. The summed E-state index contributed by atoms with van der Waals surface area (Å²) in [5, 5.41) is 13.4. The molecule has 0 saturated heterocycles. The van der Waals surface area contributed by atoms with Gasteiger partial charge in [-0.1, -0.05) is 28.8 Å². The summed E-state index contributed by atoms with van der Waals surface area (Å²) in [6, 6.07) is 3.90. The lowest BCUT2D eigenvalue weighted by atomic mass is 9.86. The van der Waals surface area contributed by atoms with E-state index < -0.39 is 0 Å². The lowest BCUT2D eigenvalue weighted by Gasteiger charge is -2.27. The molecule has 2 rings (SSSR count). The molecule has 1 saturated carbocycles. The van der Waals surface area contributed by atoms with E-state index in [4.69, 9.17) is 9.47 Å². The lowest BCUT2D eigenvalue weighted by Crippen LogP contribution is -2.33. The van der Waals surface area contributed by atoms with E-state index in [1.54, 1.807) is 14.2 Å². The van der Waals surface area contributed by atoms with Gasteiger partial charge < -0.3 is 19.9 Å². The monoisotopic (exact) mass is 357 g/mol. The maximum atomic E-state index is 9.99. The molecule has 0 bridgehead atoms. The first-order valence-electron chi connectivity index (χ1n) is 7.45. The molecule has 0 aromatic heterocycles. The van der Waals surface area contributed by atoms with Crippen LogP contribution in [0.5, 0.6) is 11.5 Å². The van der Waals surface area contributed by atoms with Crippen LogP contribution in [0.2, 0.25) is 0 Å². The van der Waals surface area contributed by atoms with Gasteiger partial charge in [0, 0.05) is 17.6 Å². The van der Waals surface area contributed by atoms with E-state index in [1.165, 1.54) is 6.42 Å². The summed E-state index contributed by atoms with van der Waals surface area (Å²) in [5.74, 6) is 1.82. The number of rotatable bonds is 6. The molecule has 2 atom stereocenters. The molecule has 1 fully saturated rings. The molecule has 0 amide bonds. The second kappa shape index (κ2) is 8.01. The van der Waals surface area contributed by atoms with E-state index in [-0.39, 0.29) is 6.10 Å². The molecule has 118 valence electrons. The largest absolute Gasteiger partial charge is 0.493 e. The van der Waals surface area contributed by atoms with Gasteiger partial charge in [0.25, 0.3) is 0 Å². The van der Waals surface area contributed by atoms with Crippen LogP contribution in [-0.4, -0.2) is 32.0 Å². The third-order valence-electron chi connectivity index (χ3n) is 4.14. The number of hydrogen-bond acceptors (Lipinski definition) is 4. The molecule has 0 heterocycles. The SMILES string of the molecule is COc1cc(Br)c(CNCC2CCCCC2O)cc1OC. The number of ether oxygens (including phenoxy) is 2. The average Bonchev–Trinajstić information content (AvgIpc) is 2.50. The minimum absolute atomic E-state index is 0.153. The predicted molar refractivity (Wildman–Crippen MR) is 86.9 cm³/mol. The third kappa shape index (κ3) is 4.34. The number of nitrogens with one attached hydrogen (secondary N) is 1. The standard InChI is InChI=1S/C16H24BrNO3/c1-20-15-7-12(13(17)8-16(15)21-2)10-18-9-11-5-3-4-6-14(11)19/h7-8,11,14,18-19H,3-6,9-10H2,1-2H3. The second-order valence-corrected chi connectivity index (χ2v) is 6.40.